The average molecular weight is 1400 g/mol. The number of rotatable bonds is 74. The van der Waals surface area contributed by atoms with Gasteiger partial charge in [0.05, 0.1) is 26.4 Å². The van der Waals surface area contributed by atoms with Crippen LogP contribution in [0.3, 0.4) is 0 Å². The summed E-state index contributed by atoms with van der Waals surface area (Å²) in [5.74, 6) is 0.166. The Morgan fingerprint density at radius 3 is 0.716 bits per heavy atom. The molecule has 0 saturated heterocycles. The third-order valence-corrected chi connectivity index (χ3v) is 19.5. The molecule has 95 heavy (non-hydrogen) atoms. The molecule has 0 aliphatic heterocycles. The van der Waals surface area contributed by atoms with Crippen LogP contribution in [-0.4, -0.2) is 96.7 Å². The van der Waals surface area contributed by atoms with E-state index in [0.29, 0.717) is 31.6 Å². The topological polar surface area (TPSA) is 237 Å². The van der Waals surface area contributed by atoms with Crippen LogP contribution in [0.25, 0.3) is 0 Å². The van der Waals surface area contributed by atoms with Crippen molar-refractivity contribution in [2.24, 2.45) is 17.8 Å². The summed E-state index contributed by atoms with van der Waals surface area (Å²) in [6, 6.07) is 0. The number of hydrogen-bond acceptors (Lipinski definition) is 15. The van der Waals surface area contributed by atoms with Crippen LogP contribution >= 0.6 is 15.6 Å². The summed E-state index contributed by atoms with van der Waals surface area (Å²) in [4.78, 5) is 72.6. The fourth-order valence-corrected chi connectivity index (χ4v) is 13.2. The number of hydrogen-bond donors (Lipinski definition) is 3. The maximum atomic E-state index is 13.1. The second-order valence-corrected chi connectivity index (χ2v) is 31.7. The molecule has 5 atom stereocenters. The molecular weight excluding hydrogens is 1250 g/mol. The van der Waals surface area contributed by atoms with Crippen molar-refractivity contribution in [2.75, 3.05) is 39.6 Å². The first-order valence-electron chi connectivity index (χ1n) is 39.3. The van der Waals surface area contributed by atoms with Crippen LogP contribution in [0.5, 0.6) is 0 Å². The summed E-state index contributed by atoms with van der Waals surface area (Å²) < 4.78 is 68.4. The summed E-state index contributed by atoms with van der Waals surface area (Å²) in [5, 5.41) is 10.6. The van der Waals surface area contributed by atoms with Crippen LogP contribution in [0.4, 0.5) is 0 Å². The van der Waals surface area contributed by atoms with Crippen LogP contribution in [0.1, 0.15) is 389 Å². The van der Waals surface area contributed by atoms with Gasteiger partial charge in [-0.05, 0) is 43.4 Å². The Bertz CT molecular complexity index is 1850. The highest BCUT2D eigenvalue weighted by Crippen LogP contribution is 2.45. The first-order valence-corrected chi connectivity index (χ1v) is 42.3. The molecule has 0 saturated carbocycles. The van der Waals surface area contributed by atoms with Crippen molar-refractivity contribution in [2.45, 2.75) is 407 Å². The van der Waals surface area contributed by atoms with Gasteiger partial charge in [0.1, 0.15) is 19.3 Å². The van der Waals surface area contributed by atoms with E-state index < -0.39 is 97.5 Å². The van der Waals surface area contributed by atoms with Gasteiger partial charge in [-0.3, -0.25) is 37.3 Å². The molecule has 0 amide bonds. The number of unbranched alkanes of at least 4 members (excludes halogenated alkanes) is 42. The van der Waals surface area contributed by atoms with Gasteiger partial charge in [0.15, 0.2) is 12.2 Å². The quantitative estimate of drug-likeness (QED) is 0.0222. The molecule has 0 radical (unpaired) electrons. The Kier molecular flexibility index (Phi) is 65.2. The maximum absolute atomic E-state index is 13.1. The van der Waals surface area contributed by atoms with E-state index >= 15 is 0 Å². The Labute approximate surface area is 581 Å². The smallest absolute Gasteiger partial charge is 0.462 e. The van der Waals surface area contributed by atoms with Gasteiger partial charge in [-0.15, -0.1) is 0 Å². The molecule has 0 aromatic rings. The van der Waals surface area contributed by atoms with Crippen molar-refractivity contribution < 1.29 is 80.2 Å². The number of ether oxygens (including phenoxy) is 4. The number of carbonyl (C=O) groups is 4. The van der Waals surface area contributed by atoms with E-state index in [1.165, 1.54) is 193 Å². The SMILES string of the molecule is CCCCCCCCCCC(=O)OC[C@H](COP(=O)(O)OC[C@H](O)COP(=O)(O)OC[C@@H](COC(=O)CCCCCCCCCCCCCCCCCCC(C)C)OC(=O)CCCCCCCCCCCCCCCCCCC(C)C)OC(=O)CCCCCCCCC(C)C. The minimum Gasteiger partial charge on any atom is -0.462 e. The third kappa shape index (κ3) is 70.3. The highest BCUT2D eigenvalue weighted by molar-refractivity contribution is 7.47. The Morgan fingerprint density at radius 1 is 0.284 bits per heavy atom. The van der Waals surface area contributed by atoms with E-state index in [1.807, 2.05) is 0 Å². The van der Waals surface area contributed by atoms with Crippen LogP contribution in [0, 0.1) is 17.8 Å². The molecule has 0 rings (SSSR count). The lowest BCUT2D eigenvalue weighted by atomic mass is 10.0. The summed E-state index contributed by atoms with van der Waals surface area (Å²) in [5.41, 5.74) is 0. The van der Waals surface area contributed by atoms with E-state index in [4.69, 9.17) is 37.0 Å². The van der Waals surface area contributed by atoms with Crippen molar-refractivity contribution in [3.8, 4) is 0 Å². The monoisotopic (exact) mass is 1400 g/mol. The van der Waals surface area contributed by atoms with Gasteiger partial charge in [0, 0.05) is 25.7 Å². The molecule has 0 aromatic carbocycles. The van der Waals surface area contributed by atoms with Gasteiger partial charge in [-0.1, -0.05) is 337 Å². The van der Waals surface area contributed by atoms with Crippen molar-refractivity contribution in [3.63, 3.8) is 0 Å². The van der Waals surface area contributed by atoms with E-state index in [0.717, 1.165) is 108 Å². The van der Waals surface area contributed by atoms with Gasteiger partial charge in [0.2, 0.25) is 0 Å². The highest BCUT2D eigenvalue weighted by atomic mass is 31.2. The minimum atomic E-state index is -4.96. The molecule has 2 unspecified atom stereocenters. The first kappa shape index (κ1) is 93.1. The summed E-state index contributed by atoms with van der Waals surface area (Å²) in [6.07, 6.45) is 53.1. The Balaban J connectivity index is 5.17. The molecule has 0 aromatic heterocycles. The molecule has 17 nitrogen and oxygen atoms in total. The van der Waals surface area contributed by atoms with Crippen molar-refractivity contribution in [1.29, 1.82) is 0 Å². The fourth-order valence-electron chi connectivity index (χ4n) is 11.6. The van der Waals surface area contributed by atoms with Crippen molar-refractivity contribution in [3.05, 3.63) is 0 Å². The second kappa shape index (κ2) is 66.6. The van der Waals surface area contributed by atoms with Gasteiger partial charge in [0.25, 0.3) is 0 Å². The maximum Gasteiger partial charge on any atom is 0.472 e. The molecule has 0 aliphatic rings. The first-order chi connectivity index (χ1) is 45.7. The molecule has 0 heterocycles. The zero-order valence-electron chi connectivity index (χ0n) is 62.1. The molecular formula is C76H148O17P2. The molecule has 0 bridgehead atoms. The standard InChI is InChI=1S/C76H148O17P2/c1-8-9-10-11-12-35-43-50-57-73(78)86-64-72(93-76(81)60-53-46-39-38-42-49-56-69(6)7)66-91-95(84,85)89-62-70(77)61-88-94(82,83)90-65-71(92-75(80)59-52-45-37-32-28-24-20-16-14-18-22-26-30-34-41-48-55-68(4)5)63-87-74(79)58-51-44-36-31-27-23-19-15-13-17-21-25-29-33-40-47-54-67(2)3/h67-72,77H,8-66H2,1-7H3,(H,82,83)(H,84,85)/t70-,71-,72-/m1/s1. The Morgan fingerprint density at radius 2 is 0.484 bits per heavy atom. The largest absolute Gasteiger partial charge is 0.472 e. The van der Waals surface area contributed by atoms with Crippen LogP contribution in [0.15, 0.2) is 0 Å². The molecule has 3 N–H and O–H groups in total. The third-order valence-electron chi connectivity index (χ3n) is 17.6. The average Bonchev–Trinajstić information content (AvgIpc) is 2.78. The Hall–Kier alpha value is -1.94. The zero-order chi connectivity index (χ0) is 70.1. The molecule has 564 valence electrons. The zero-order valence-corrected chi connectivity index (χ0v) is 63.9. The molecule has 0 spiro atoms. The number of carbonyl (C=O) groups excluding carboxylic acids is 4. The van der Waals surface area contributed by atoms with Crippen molar-refractivity contribution >= 4 is 39.5 Å². The number of phosphoric ester groups is 2. The lowest BCUT2D eigenvalue weighted by Gasteiger charge is -2.21. The van der Waals surface area contributed by atoms with Crippen LogP contribution in [-0.2, 0) is 65.4 Å². The van der Waals surface area contributed by atoms with Crippen LogP contribution < -0.4 is 0 Å². The molecule has 19 heteroatoms. The highest BCUT2D eigenvalue weighted by Gasteiger charge is 2.30. The number of aliphatic hydroxyl groups is 1. The molecule has 0 fully saturated rings. The minimum absolute atomic E-state index is 0.102. The van der Waals surface area contributed by atoms with Gasteiger partial charge < -0.3 is 33.8 Å². The fraction of sp³-hybridized carbons (Fsp3) is 0.947. The number of aliphatic hydroxyl groups excluding tert-OH is 1. The van der Waals surface area contributed by atoms with Gasteiger partial charge >= 0.3 is 39.5 Å². The summed E-state index contributed by atoms with van der Waals surface area (Å²) in [6.45, 7) is 11.8. The second-order valence-electron chi connectivity index (χ2n) is 28.8. The lowest BCUT2D eigenvalue weighted by Crippen LogP contribution is -2.30. The van der Waals surface area contributed by atoms with Crippen LogP contribution in [0.2, 0.25) is 0 Å². The summed E-state index contributed by atoms with van der Waals surface area (Å²) >= 11 is 0. The normalized spacial score (nSPS) is 14.1. The number of phosphoric acid groups is 2. The lowest BCUT2D eigenvalue weighted by molar-refractivity contribution is -0.161. The van der Waals surface area contributed by atoms with E-state index in [9.17, 15) is 43.2 Å². The summed E-state index contributed by atoms with van der Waals surface area (Å²) in [7, 11) is -9.90. The van der Waals surface area contributed by atoms with Gasteiger partial charge in [-0.2, -0.15) is 0 Å². The van der Waals surface area contributed by atoms with E-state index in [-0.39, 0.29) is 25.7 Å². The predicted octanol–water partition coefficient (Wildman–Crippen LogP) is 22.2. The van der Waals surface area contributed by atoms with Crippen molar-refractivity contribution in [1.82, 2.24) is 0 Å². The van der Waals surface area contributed by atoms with E-state index in [2.05, 4.69) is 48.5 Å². The van der Waals surface area contributed by atoms with E-state index in [1.54, 1.807) is 0 Å². The molecule has 0 aliphatic carbocycles. The predicted molar refractivity (Wildman–Crippen MR) is 386 cm³/mol. The number of esters is 4. The van der Waals surface area contributed by atoms with Gasteiger partial charge in [-0.25, -0.2) is 9.13 Å².